The number of benzene rings is 1. The molecule has 1 amide bonds. The van der Waals surface area contributed by atoms with Crippen LogP contribution in [0, 0.1) is 5.41 Å². The summed E-state index contributed by atoms with van der Waals surface area (Å²) >= 11 is 0. The Bertz CT molecular complexity index is 421. The summed E-state index contributed by atoms with van der Waals surface area (Å²) in [6.45, 7) is 8.38. The lowest BCUT2D eigenvalue weighted by molar-refractivity contribution is -0.132. The lowest BCUT2D eigenvalue weighted by Gasteiger charge is -2.35. The van der Waals surface area contributed by atoms with Gasteiger partial charge < -0.3 is 10.0 Å². The maximum absolute atomic E-state index is 12.2. The number of carbonyl (C=O) groups is 1. The molecule has 3 nitrogen and oxygen atoms in total. The van der Waals surface area contributed by atoms with Gasteiger partial charge in [-0.25, -0.2) is 0 Å². The van der Waals surface area contributed by atoms with Crippen LogP contribution in [-0.2, 0) is 11.2 Å². The van der Waals surface area contributed by atoms with Gasteiger partial charge in [0.05, 0.1) is 6.42 Å². The number of nitrogens with zero attached hydrogens (tertiary/aromatic N) is 1. The first-order valence-electron chi connectivity index (χ1n) is 6.26. The Hall–Kier alpha value is -1.51. The van der Waals surface area contributed by atoms with Crippen LogP contribution in [0.25, 0.3) is 0 Å². The summed E-state index contributed by atoms with van der Waals surface area (Å²) in [4.78, 5) is 13.9. The second kappa shape index (κ2) is 5.42. The average molecular weight is 249 g/mol. The van der Waals surface area contributed by atoms with Gasteiger partial charge in [0.2, 0.25) is 5.91 Å². The van der Waals surface area contributed by atoms with Crippen LogP contribution in [0.5, 0.6) is 5.75 Å². The lowest BCUT2D eigenvalue weighted by Crippen LogP contribution is -2.43. The van der Waals surface area contributed by atoms with E-state index in [1.165, 1.54) is 0 Å². The largest absolute Gasteiger partial charge is 0.508 e. The van der Waals surface area contributed by atoms with Crippen molar-refractivity contribution >= 4 is 5.91 Å². The molecule has 0 spiro atoms. The lowest BCUT2D eigenvalue weighted by atomic mass is 9.87. The molecule has 0 fully saturated rings. The van der Waals surface area contributed by atoms with E-state index in [2.05, 4.69) is 20.8 Å². The molecule has 0 heterocycles. The molecule has 1 rings (SSSR count). The summed E-state index contributed by atoms with van der Waals surface area (Å²) in [5.74, 6) is 0.210. The van der Waals surface area contributed by atoms with Gasteiger partial charge in [-0.2, -0.15) is 0 Å². The highest BCUT2D eigenvalue weighted by molar-refractivity contribution is 5.79. The van der Waals surface area contributed by atoms with Gasteiger partial charge >= 0.3 is 0 Å². The highest BCUT2D eigenvalue weighted by Crippen LogP contribution is 2.24. The van der Waals surface area contributed by atoms with Gasteiger partial charge in [-0.05, 0) is 18.4 Å². The number of para-hydroxylation sites is 1. The molecule has 0 radical (unpaired) electrons. The maximum Gasteiger partial charge on any atom is 0.227 e. The van der Waals surface area contributed by atoms with Crippen molar-refractivity contribution in [3.05, 3.63) is 29.8 Å². The Labute approximate surface area is 109 Å². The zero-order valence-corrected chi connectivity index (χ0v) is 11.9. The molecule has 0 saturated heterocycles. The third kappa shape index (κ3) is 3.49. The standard InChI is InChI=1S/C15H23NO2/c1-11(15(2,3)4)16(5)14(18)10-12-8-6-7-9-13(12)17/h6-9,11,17H,10H2,1-5H3. The Morgan fingerprint density at radius 1 is 1.33 bits per heavy atom. The summed E-state index contributed by atoms with van der Waals surface area (Å²) < 4.78 is 0. The van der Waals surface area contributed by atoms with Gasteiger partial charge in [-0.1, -0.05) is 39.0 Å². The summed E-state index contributed by atoms with van der Waals surface area (Å²) in [6, 6.07) is 7.12. The summed E-state index contributed by atoms with van der Waals surface area (Å²) in [5, 5.41) is 9.67. The van der Waals surface area contributed by atoms with E-state index >= 15 is 0 Å². The highest BCUT2D eigenvalue weighted by atomic mass is 16.3. The van der Waals surface area contributed by atoms with Crippen LogP contribution < -0.4 is 0 Å². The third-order valence-corrected chi connectivity index (χ3v) is 3.56. The molecular weight excluding hydrogens is 226 g/mol. The van der Waals surface area contributed by atoms with Gasteiger partial charge in [0.25, 0.3) is 0 Å². The fourth-order valence-corrected chi connectivity index (χ4v) is 1.74. The molecular formula is C15H23NO2. The first kappa shape index (κ1) is 14.6. The van der Waals surface area contributed by atoms with Crippen molar-refractivity contribution in [3.8, 4) is 5.75 Å². The second-order valence-corrected chi connectivity index (χ2v) is 5.85. The smallest absolute Gasteiger partial charge is 0.227 e. The van der Waals surface area contributed by atoms with E-state index < -0.39 is 0 Å². The minimum absolute atomic E-state index is 0.0268. The molecule has 1 N–H and O–H groups in total. The molecule has 1 aromatic carbocycles. The van der Waals surface area contributed by atoms with Crippen molar-refractivity contribution in [1.82, 2.24) is 4.90 Å². The Balaban J connectivity index is 2.75. The van der Waals surface area contributed by atoms with Crippen molar-refractivity contribution in [2.75, 3.05) is 7.05 Å². The number of amides is 1. The molecule has 0 aromatic heterocycles. The van der Waals surface area contributed by atoms with E-state index in [-0.39, 0.29) is 29.5 Å². The number of carbonyl (C=O) groups excluding carboxylic acids is 1. The number of aromatic hydroxyl groups is 1. The van der Waals surface area contributed by atoms with E-state index in [9.17, 15) is 9.90 Å². The fraction of sp³-hybridized carbons (Fsp3) is 0.533. The number of phenols is 1. The quantitative estimate of drug-likeness (QED) is 0.895. The number of hydrogen-bond donors (Lipinski definition) is 1. The molecule has 0 bridgehead atoms. The van der Waals surface area contributed by atoms with E-state index in [1.807, 2.05) is 20.0 Å². The highest BCUT2D eigenvalue weighted by Gasteiger charge is 2.27. The summed E-state index contributed by atoms with van der Waals surface area (Å²) in [5.41, 5.74) is 0.721. The van der Waals surface area contributed by atoms with E-state index in [4.69, 9.17) is 0 Å². The molecule has 0 aliphatic rings. The fourth-order valence-electron chi connectivity index (χ4n) is 1.74. The van der Waals surface area contributed by atoms with Gasteiger partial charge in [0.15, 0.2) is 0 Å². The van der Waals surface area contributed by atoms with Crippen molar-refractivity contribution in [2.45, 2.75) is 40.2 Å². The van der Waals surface area contributed by atoms with Gasteiger partial charge in [-0.3, -0.25) is 4.79 Å². The number of rotatable bonds is 3. The number of phenolic OH excluding ortho intramolecular Hbond substituents is 1. The van der Waals surface area contributed by atoms with Crippen LogP contribution in [0.15, 0.2) is 24.3 Å². The molecule has 1 atom stereocenters. The Morgan fingerprint density at radius 2 is 1.89 bits per heavy atom. The molecule has 1 aromatic rings. The van der Waals surface area contributed by atoms with Crippen molar-refractivity contribution in [3.63, 3.8) is 0 Å². The van der Waals surface area contributed by atoms with E-state index in [0.717, 1.165) is 0 Å². The summed E-state index contributed by atoms with van der Waals surface area (Å²) in [6.07, 6.45) is 0.240. The van der Waals surface area contributed by atoms with E-state index in [1.54, 1.807) is 23.1 Å². The Kier molecular flexibility index (Phi) is 4.38. The monoisotopic (exact) mass is 249 g/mol. The molecule has 18 heavy (non-hydrogen) atoms. The minimum Gasteiger partial charge on any atom is -0.508 e. The SMILES string of the molecule is CC(N(C)C(=O)Cc1ccccc1O)C(C)(C)C. The van der Waals surface area contributed by atoms with Gasteiger partial charge in [-0.15, -0.1) is 0 Å². The molecule has 1 unspecified atom stereocenters. The average Bonchev–Trinajstić information content (AvgIpc) is 2.29. The molecule has 0 saturated carbocycles. The van der Waals surface area contributed by atoms with Crippen LogP contribution in [0.1, 0.15) is 33.3 Å². The molecule has 100 valence electrons. The van der Waals surface area contributed by atoms with E-state index in [0.29, 0.717) is 5.56 Å². The number of likely N-dealkylation sites (N-methyl/N-ethyl adjacent to an activating group) is 1. The van der Waals surface area contributed by atoms with Crippen molar-refractivity contribution in [2.24, 2.45) is 5.41 Å². The maximum atomic E-state index is 12.2. The van der Waals surface area contributed by atoms with Crippen LogP contribution in [-0.4, -0.2) is 29.0 Å². The first-order chi connectivity index (χ1) is 8.23. The second-order valence-electron chi connectivity index (χ2n) is 5.85. The van der Waals surface area contributed by atoms with Crippen LogP contribution in [0.4, 0.5) is 0 Å². The van der Waals surface area contributed by atoms with Crippen LogP contribution in [0.2, 0.25) is 0 Å². The molecule has 0 aliphatic carbocycles. The molecule has 3 heteroatoms. The zero-order valence-electron chi connectivity index (χ0n) is 11.9. The topological polar surface area (TPSA) is 40.5 Å². The van der Waals surface area contributed by atoms with Crippen LogP contribution >= 0.6 is 0 Å². The normalized spacial score (nSPS) is 13.2. The van der Waals surface area contributed by atoms with Crippen molar-refractivity contribution < 1.29 is 9.90 Å². The summed E-state index contributed by atoms with van der Waals surface area (Å²) in [7, 11) is 1.82. The predicted octanol–water partition coefficient (Wildman–Crippen LogP) is 2.83. The minimum atomic E-state index is 0.0268. The zero-order chi connectivity index (χ0) is 13.9. The third-order valence-electron chi connectivity index (χ3n) is 3.56. The van der Waals surface area contributed by atoms with Crippen molar-refractivity contribution in [1.29, 1.82) is 0 Å². The van der Waals surface area contributed by atoms with Gasteiger partial charge in [0.1, 0.15) is 5.75 Å². The molecule has 0 aliphatic heterocycles. The number of hydrogen-bond acceptors (Lipinski definition) is 2. The Morgan fingerprint density at radius 3 is 2.39 bits per heavy atom. The first-order valence-corrected chi connectivity index (χ1v) is 6.26. The predicted molar refractivity (Wildman–Crippen MR) is 73.5 cm³/mol. The van der Waals surface area contributed by atoms with Crippen LogP contribution in [0.3, 0.4) is 0 Å². The van der Waals surface area contributed by atoms with Gasteiger partial charge in [0, 0.05) is 18.7 Å².